The topological polar surface area (TPSA) is 96.6 Å². The number of anilines is 1. The number of hydrogen-bond acceptors (Lipinski definition) is 5. The van der Waals surface area contributed by atoms with Crippen LogP contribution >= 0.6 is 0 Å². The molecule has 0 atom stereocenters. The molecule has 0 radical (unpaired) electrons. The Morgan fingerprint density at radius 3 is 2.83 bits per heavy atom. The molecule has 1 N–H and O–H groups in total. The standard InChI is InChI=1S/C11H11N3O4/c1-3-4-13(7-10(15)16)11-8(2)5-9(6-12-11)14(17)18/h1,5-6H,4,7H2,2H3,(H,15,16). The summed E-state index contributed by atoms with van der Waals surface area (Å²) in [4.78, 5) is 26.0. The molecule has 1 aromatic heterocycles. The second-order valence-electron chi connectivity index (χ2n) is 3.55. The third-order valence-electron chi connectivity index (χ3n) is 2.15. The fourth-order valence-corrected chi connectivity index (χ4v) is 1.46. The molecule has 0 saturated heterocycles. The third-order valence-corrected chi connectivity index (χ3v) is 2.15. The lowest BCUT2D eigenvalue weighted by Crippen LogP contribution is -2.31. The quantitative estimate of drug-likeness (QED) is 0.471. The number of aliphatic carboxylic acids is 1. The molecule has 94 valence electrons. The number of aryl methyl sites for hydroxylation is 1. The number of hydrogen-bond donors (Lipinski definition) is 1. The van der Waals surface area contributed by atoms with Crippen LogP contribution in [0.3, 0.4) is 0 Å². The van der Waals surface area contributed by atoms with Gasteiger partial charge in [-0.15, -0.1) is 6.42 Å². The zero-order chi connectivity index (χ0) is 13.7. The maximum absolute atomic E-state index is 10.7. The van der Waals surface area contributed by atoms with E-state index in [-0.39, 0.29) is 18.8 Å². The van der Waals surface area contributed by atoms with Gasteiger partial charge in [0.15, 0.2) is 0 Å². The van der Waals surface area contributed by atoms with Crippen molar-refractivity contribution in [3.63, 3.8) is 0 Å². The van der Waals surface area contributed by atoms with Crippen molar-refractivity contribution < 1.29 is 14.8 Å². The van der Waals surface area contributed by atoms with Gasteiger partial charge in [-0.25, -0.2) is 4.98 Å². The molecular formula is C11H11N3O4. The summed E-state index contributed by atoms with van der Waals surface area (Å²) in [6.45, 7) is 1.37. The van der Waals surface area contributed by atoms with Crippen LogP contribution in [0.15, 0.2) is 12.3 Å². The largest absolute Gasteiger partial charge is 0.480 e. The van der Waals surface area contributed by atoms with Gasteiger partial charge in [0.2, 0.25) is 0 Å². The zero-order valence-corrected chi connectivity index (χ0v) is 9.66. The maximum Gasteiger partial charge on any atom is 0.323 e. The summed E-state index contributed by atoms with van der Waals surface area (Å²) in [6.07, 6.45) is 6.23. The van der Waals surface area contributed by atoms with Gasteiger partial charge in [0, 0.05) is 6.07 Å². The molecule has 1 heterocycles. The molecule has 0 amide bonds. The van der Waals surface area contributed by atoms with Gasteiger partial charge in [-0.1, -0.05) is 5.92 Å². The van der Waals surface area contributed by atoms with Crippen molar-refractivity contribution in [1.29, 1.82) is 0 Å². The zero-order valence-electron chi connectivity index (χ0n) is 9.66. The van der Waals surface area contributed by atoms with Crippen LogP contribution in [0, 0.1) is 29.4 Å². The Kier molecular flexibility index (Phi) is 4.21. The lowest BCUT2D eigenvalue weighted by Gasteiger charge is -2.20. The Bertz CT molecular complexity index is 522. The van der Waals surface area contributed by atoms with Crippen molar-refractivity contribution in [3.8, 4) is 12.3 Å². The van der Waals surface area contributed by atoms with Crippen molar-refractivity contribution >= 4 is 17.5 Å². The van der Waals surface area contributed by atoms with Gasteiger partial charge in [-0.3, -0.25) is 14.9 Å². The fourth-order valence-electron chi connectivity index (χ4n) is 1.46. The second kappa shape index (κ2) is 5.63. The molecule has 0 unspecified atom stereocenters. The molecule has 7 nitrogen and oxygen atoms in total. The summed E-state index contributed by atoms with van der Waals surface area (Å²) >= 11 is 0. The monoisotopic (exact) mass is 249 g/mol. The van der Waals surface area contributed by atoms with Gasteiger partial charge in [-0.05, 0) is 12.5 Å². The highest BCUT2D eigenvalue weighted by molar-refractivity contribution is 5.74. The predicted octanol–water partition coefficient (Wildman–Crippen LogP) is 0.822. The van der Waals surface area contributed by atoms with E-state index in [9.17, 15) is 14.9 Å². The lowest BCUT2D eigenvalue weighted by molar-refractivity contribution is -0.385. The molecule has 0 aliphatic heterocycles. The number of aromatic nitrogens is 1. The van der Waals surface area contributed by atoms with Crippen molar-refractivity contribution in [1.82, 2.24) is 4.98 Å². The third kappa shape index (κ3) is 3.18. The Balaban J connectivity index is 3.09. The molecule has 0 aliphatic carbocycles. The number of carbonyl (C=O) groups is 1. The highest BCUT2D eigenvalue weighted by Crippen LogP contribution is 2.21. The summed E-state index contributed by atoms with van der Waals surface area (Å²) in [6, 6.07) is 1.33. The fraction of sp³-hybridized carbons (Fsp3) is 0.273. The van der Waals surface area contributed by atoms with E-state index >= 15 is 0 Å². The number of nitrogens with zero attached hydrogens (tertiary/aromatic N) is 3. The molecule has 0 aliphatic rings. The van der Waals surface area contributed by atoms with E-state index in [1.165, 1.54) is 11.0 Å². The van der Waals surface area contributed by atoms with Crippen LogP contribution in [0.4, 0.5) is 11.5 Å². The average Bonchev–Trinajstić information content (AvgIpc) is 2.27. The molecule has 0 saturated carbocycles. The first kappa shape index (κ1) is 13.4. The Labute approximate surface area is 103 Å². The van der Waals surface area contributed by atoms with Gasteiger partial charge in [-0.2, -0.15) is 0 Å². The van der Waals surface area contributed by atoms with Crippen LogP contribution < -0.4 is 4.90 Å². The maximum atomic E-state index is 10.7. The Hall–Kier alpha value is -2.62. The highest BCUT2D eigenvalue weighted by Gasteiger charge is 2.16. The lowest BCUT2D eigenvalue weighted by atomic mass is 10.2. The van der Waals surface area contributed by atoms with Crippen molar-refractivity contribution in [2.24, 2.45) is 0 Å². The van der Waals surface area contributed by atoms with Crippen molar-refractivity contribution in [2.75, 3.05) is 18.0 Å². The summed E-state index contributed by atoms with van der Waals surface area (Å²) in [5.41, 5.74) is 0.355. The SMILES string of the molecule is C#CCN(CC(=O)O)c1ncc([N+](=O)[O-])cc1C. The van der Waals surface area contributed by atoms with E-state index in [0.29, 0.717) is 11.4 Å². The predicted molar refractivity (Wildman–Crippen MR) is 64.3 cm³/mol. The van der Waals surface area contributed by atoms with Gasteiger partial charge in [0.25, 0.3) is 5.69 Å². The van der Waals surface area contributed by atoms with Gasteiger partial charge >= 0.3 is 5.97 Å². The minimum absolute atomic E-state index is 0.0674. The first-order chi connectivity index (χ1) is 8.45. The smallest absolute Gasteiger partial charge is 0.323 e. The van der Waals surface area contributed by atoms with Gasteiger partial charge in [0.05, 0.1) is 11.5 Å². The van der Waals surface area contributed by atoms with Crippen LogP contribution in [0.1, 0.15) is 5.56 Å². The van der Waals surface area contributed by atoms with Crippen molar-refractivity contribution in [2.45, 2.75) is 6.92 Å². The minimum Gasteiger partial charge on any atom is -0.480 e. The Morgan fingerprint density at radius 2 is 2.39 bits per heavy atom. The normalized spacial score (nSPS) is 9.56. The molecule has 0 fully saturated rings. The Morgan fingerprint density at radius 1 is 1.72 bits per heavy atom. The summed E-state index contributed by atoms with van der Waals surface area (Å²) < 4.78 is 0. The number of carboxylic acid groups (broad SMARTS) is 1. The van der Waals surface area contributed by atoms with E-state index in [4.69, 9.17) is 11.5 Å². The van der Waals surface area contributed by atoms with Crippen LogP contribution in [0.25, 0.3) is 0 Å². The highest BCUT2D eigenvalue weighted by atomic mass is 16.6. The number of carboxylic acids is 1. The molecule has 1 aromatic rings. The summed E-state index contributed by atoms with van der Waals surface area (Å²) in [5, 5.41) is 19.3. The number of pyridine rings is 1. The first-order valence-electron chi connectivity index (χ1n) is 4.97. The number of terminal acetylenes is 1. The summed E-state index contributed by atoms with van der Waals surface area (Å²) in [7, 11) is 0. The van der Waals surface area contributed by atoms with Crippen LogP contribution in [-0.4, -0.2) is 34.1 Å². The van der Waals surface area contributed by atoms with E-state index < -0.39 is 10.9 Å². The second-order valence-corrected chi connectivity index (χ2v) is 3.55. The van der Waals surface area contributed by atoms with Crippen LogP contribution in [0.5, 0.6) is 0 Å². The number of rotatable bonds is 5. The number of nitro groups is 1. The van der Waals surface area contributed by atoms with E-state index in [0.717, 1.165) is 6.20 Å². The van der Waals surface area contributed by atoms with Crippen LogP contribution in [0.2, 0.25) is 0 Å². The van der Waals surface area contributed by atoms with E-state index in [2.05, 4.69) is 10.9 Å². The van der Waals surface area contributed by atoms with Crippen molar-refractivity contribution in [3.05, 3.63) is 27.9 Å². The molecule has 1 rings (SSSR count). The molecule has 0 spiro atoms. The molecular weight excluding hydrogens is 238 g/mol. The van der Waals surface area contributed by atoms with E-state index in [1.54, 1.807) is 6.92 Å². The van der Waals surface area contributed by atoms with Gasteiger partial charge < -0.3 is 10.0 Å². The average molecular weight is 249 g/mol. The molecule has 18 heavy (non-hydrogen) atoms. The summed E-state index contributed by atoms with van der Waals surface area (Å²) in [5.74, 6) is 1.61. The minimum atomic E-state index is -1.05. The van der Waals surface area contributed by atoms with Gasteiger partial charge in [0.1, 0.15) is 18.6 Å². The first-order valence-corrected chi connectivity index (χ1v) is 4.97. The molecule has 0 bridgehead atoms. The van der Waals surface area contributed by atoms with Crippen LogP contribution in [-0.2, 0) is 4.79 Å². The molecule has 7 heteroatoms. The van der Waals surface area contributed by atoms with E-state index in [1.807, 2.05) is 0 Å². The molecule has 0 aromatic carbocycles.